The average molecular weight is 483 g/mol. The van der Waals surface area contributed by atoms with Gasteiger partial charge in [-0.2, -0.15) is 0 Å². The maximum absolute atomic E-state index is 12.9. The van der Waals surface area contributed by atoms with Crippen molar-refractivity contribution >= 4 is 28.4 Å². The number of ketones is 1. The molecule has 2 atom stereocenters. The molecular weight excluding hydrogens is 457 g/mol. The van der Waals surface area contributed by atoms with E-state index >= 15 is 0 Å². The number of Topliss-reactive ketones (excluding diaryl/α,β-unsaturated/α-hetero) is 1. The Bertz CT molecular complexity index is 841. The van der Waals surface area contributed by atoms with Gasteiger partial charge >= 0.3 is 0 Å². The number of aromatic nitrogens is 1. The van der Waals surface area contributed by atoms with E-state index in [1.165, 1.54) is 0 Å². The first-order valence-corrected chi connectivity index (χ1v) is 10.5. The van der Waals surface area contributed by atoms with Gasteiger partial charge in [-0.1, -0.05) is 32.3 Å². The SMILES string of the molecule is CCC1CCC1C(=O)c1noc(-c2cc(C(C)C)c(OC)cc2OC)c1I. The lowest BCUT2D eigenvalue weighted by atomic mass is 9.69. The molecule has 1 heterocycles. The molecule has 0 saturated heterocycles. The highest BCUT2D eigenvalue weighted by atomic mass is 127. The van der Waals surface area contributed by atoms with Gasteiger partial charge in [0.15, 0.2) is 17.2 Å². The van der Waals surface area contributed by atoms with Gasteiger partial charge in [0.2, 0.25) is 0 Å². The zero-order valence-electron chi connectivity index (χ0n) is 16.5. The van der Waals surface area contributed by atoms with Gasteiger partial charge in [-0.15, -0.1) is 0 Å². The summed E-state index contributed by atoms with van der Waals surface area (Å²) in [7, 11) is 3.26. The van der Waals surface area contributed by atoms with Crippen LogP contribution in [0.25, 0.3) is 11.3 Å². The van der Waals surface area contributed by atoms with Gasteiger partial charge in [0.1, 0.15) is 11.5 Å². The summed E-state index contributed by atoms with van der Waals surface area (Å²) >= 11 is 2.16. The molecule has 0 bridgehead atoms. The summed E-state index contributed by atoms with van der Waals surface area (Å²) in [4.78, 5) is 12.9. The molecule has 0 spiro atoms. The van der Waals surface area contributed by atoms with Crippen molar-refractivity contribution in [2.45, 2.75) is 46.0 Å². The number of carbonyl (C=O) groups is 1. The number of rotatable bonds is 7. The number of benzene rings is 1. The molecule has 2 unspecified atom stereocenters. The Labute approximate surface area is 173 Å². The fraction of sp³-hybridized carbons (Fsp3) is 0.524. The highest BCUT2D eigenvalue weighted by Crippen LogP contribution is 2.43. The standard InChI is InChI=1S/C21H26INO4/c1-6-12-7-8-13(12)20(24)19-18(22)21(27-23-19)15-9-14(11(2)3)16(25-4)10-17(15)26-5/h9-13H,6-8H2,1-5H3. The highest BCUT2D eigenvalue weighted by Gasteiger charge is 2.38. The molecule has 146 valence electrons. The second kappa shape index (κ2) is 8.20. The van der Waals surface area contributed by atoms with Crippen molar-refractivity contribution < 1.29 is 18.8 Å². The quantitative estimate of drug-likeness (QED) is 0.373. The molecule has 1 aromatic carbocycles. The van der Waals surface area contributed by atoms with E-state index in [-0.39, 0.29) is 17.6 Å². The van der Waals surface area contributed by atoms with Crippen LogP contribution in [0, 0.1) is 15.4 Å². The Morgan fingerprint density at radius 1 is 1.26 bits per heavy atom. The number of nitrogens with zero attached hydrogens (tertiary/aromatic N) is 1. The summed E-state index contributed by atoms with van der Waals surface area (Å²) in [5.41, 5.74) is 2.29. The van der Waals surface area contributed by atoms with E-state index < -0.39 is 0 Å². The van der Waals surface area contributed by atoms with Crippen molar-refractivity contribution in [1.82, 2.24) is 5.16 Å². The Morgan fingerprint density at radius 2 is 1.96 bits per heavy atom. The minimum absolute atomic E-state index is 0.0745. The average Bonchev–Trinajstić information content (AvgIpc) is 3.01. The topological polar surface area (TPSA) is 61.6 Å². The Morgan fingerprint density at radius 3 is 2.48 bits per heavy atom. The third kappa shape index (κ3) is 3.60. The maximum atomic E-state index is 12.9. The molecule has 0 aliphatic heterocycles. The summed E-state index contributed by atoms with van der Waals surface area (Å²) < 4.78 is 17.5. The molecule has 1 aromatic heterocycles. The molecule has 27 heavy (non-hydrogen) atoms. The Kier molecular flexibility index (Phi) is 6.13. The maximum Gasteiger partial charge on any atom is 0.189 e. The number of hydrogen-bond donors (Lipinski definition) is 0. The molecule has 1 fully saturated rings. The third-order valence-electron chi connectivity index (χ3n) is 5.57. The molecule has 0 amide bonds. The van der Waals surface area contributed by atoms with Crippen LogP contribution in [0.1, 0.15) is 62.0 Å². The van der Waals surface area contributed by atoms with E-state index in [1.54, 1.807) is 14.2 Å². The van der Waals surface area contributed by atoms with Gasteiger partial charge < -0.3 is 14.0 Å². The van der Waals surface area contributed by atoms with Crippen molar-refractivity contribution in [3.8, 4) is 22.8 Å². The molecule has 1 aliphatic carbocycles. The van der Waals surface area contributed by atoms with Crippen LogP contribution in [0.5, 0.6) is 11.5 Å². The number of ether oxygens (including phenoxy) is 2. The fourth-order valence-corrected chi connectivity index (χ4v) is 4.48. The number of hydrogen-bond acceptors (Lipinski definition) is 5. The van der Waals surface area contributed by atoms with E-state index in [1.807, 2.05) is 12.1 Å². The number of methoxy groups -OCH3 is 2. The van der Waals surface area contributed by atoms with E-state index in [9.17, 15) is 4.79 Å². The van der Waals surface area contributed by atoms with Gasteiger partial charge in [0, 0.05) is 12.0 Å². The predicted molar refractivity (Wildman–Crippen MR) is 113 cm³/mol. The first-order valence-electron chi connectivity index (χ1n) is 9.38. The lowest BCUT2D eigenvalue weighted by molar-refractivity contribution is 0.0721. The van der Waals surface area contributed by atoms with Crippen LogP contribution in [0.2, 0.25) is 0 Å². The summed E-state index contributed by atoms with van der Waals surface area (Å²) in [6.45, 7) is 6.35. The van der Waals surface area contributed by atoms with E-state index in [2.05, 4.69) is 48.5 Å². The summed E-state index contributed by atoms with van der Waals surface area (Å²) in [5.74, 6) is 2.90. The molecule has 2 aromatic rings. The second-order valence-corrected chi connectivity index (χ2v) is 8.42. The molecule has 3 rings (SSSR count). The molecule has 6 heteroatoms. The van der Waals surface area contributed by atoms with Gasteiger partial charge in [-0.3, -0.25) is 4.79 Å². The van der Waals surface area contributed by atoms with Crippen molar-refractivity contribution in [3.05, 3.63) is 27.0 Å². The minimum atomic E-state index is 0.0745. The zero-order chi connectivity index (χ0) is 19.7. The van der Waals surface area contributed by atoms with Crippen LogP contribution < -0.4 is 9.47 Å². The fourth-order valence-electron chi connectivity index (χ4n) is 3.73. The van der Waals surface area contributed by atoms with Crippen LogP contribution in [-0.2, 0) is 0 Å². The Balaban J connectivity index is 2.03. The van der Waals surface area contributed by atoms with E-state index in [0.717, 1.165) is 39.7 Å². The van der Waals surface area contributed by atoms with Gasteiger partial charge in [0.05, 0.1) is 23.4 Å². The van der Waals surface area contributed by atoms with Crippen LogP contribution in [0.4, 0.5) is 0 Å². The molecule has 1 saturated carbocycles. The zero-order valence-corrected chi connectivity index (χ0v) is 18.6. The smallest absolute Gasteiger partial charge is 0.189 e. The van der Waals surface area contributed by atoms with Crippen LogP contribution in [0.3, 0.4) is 0 Å². The minimum Gasteiger partial charge on any atom is -0.496 e. The summed E-state index contributed by atoms with van der Waals surface area (Å²) in [6.07, 6.45) is 3.10. The van der Waals surface area contributed by atoms with E-state index in [0.29, 0.717) is 23.1 Å². The first-order chi connectivity index (χ1) is 12.9. The molecule has 1 aliphatic rings. The Hall–Kier alpha value is -1.57. The lowest BCUT2D eigenvalue weighted by Gasteiger charge is -2.34. The number of carbonyl (C=O) groups excluding carboxylic acids is 1. The predicted octanol–water partition coefficient (Wildman–Crippen LogP) is 5.71. The van der Waals surface area contributed by atoms with Crippen LogP contribution >= 0.6 is 22.6 Å². The van der Waals surface area contributed by atoms with Gasteiger partial charge in [-0.05, 0) is 58.9 Å². The highest BCUT2D eigenvalue weighted by molar-refractivity contribution is 14.1. The monoisotopic (exact) mass is 483 g/mol. The number of halogens is 1. The van der Waals surface area contributed by atoms with Crippen LogP contribution in [0.15, 0.2) is 16.7 Å². The first kappa shape index (κ1) is 20.2. The molecular formula is C21H26INO4. The van der Waals surface area contributed by atoms with Crippen molar-refractivity contribution in [1.29, 1.82) is 0 Å². The second-order valence-electron chi connectivity index (χ2n) is 7.34. The van der Waals surface area contributed by atoms with Crippen molar-refractivity contribution in [3.63, 3.8) is 0 Å². The van der Waals surface area contributed by atoms with Crippen molar-refractivity contribution in [2.24, 2.45) is 11.8 Å². The van der Waals surface area contributed by atoms with Gasteiger partial charge in [0.25, 0.3) is 0 Å². The van der Waals surface area contributed by atoms with E-state index in [4.69, 9.17) is 14.0 Å². The third-order valence-corrected chi connectivity index (χ3v) is 6.57. The van der Waals surface area contributed by atoms with Crippen molar-refractivity contribution in [2.75, 3.05) is 14.2 Å². The van der Waals surface area contributed by atoms with Crippen LogP contribution in [-0.4, -0.2) is 25.2 Å². The normalized spacial score (nSPS) is 19.1. The molecule has 0 radical (unpaired) electrons. The summed E-state index contributed by atoms with van der Waals surface area (Å²) in [5, 5.41) is 4.14. The van der Waals surface area contributed by atoms with Gasteiger partial charge in [-0.25, -0.2) is 0 Å². The molecule has 5 nitrogen and oxygen atoms in total. The molecule has 0 N–H and O–H groups in total. The summed E-state index contributed by atoms with van der Waals surface area (Å²) in [6, 6.07) is 3.88. The largest absolute Gasteiger partial charge is 0.496 e. The lowest BCUT2D eigenvalue weighted by Crippen LogP contribution is -2.33.